The van der Waals surface area contributed by atoms with Gasteiger partial charge in [0.1, 0.15) is 0 Å². The average molecular weight is 512 g/mol. The molecule has 0 rings (SSSR count). The second kappa shape index (κ2) is 23.5. The van der Waals surface area contributed by atoms with Crippen molar-refractivity contribution < 1.29 is 34.2 Å². The van der Waals surface area contributed by atoms with Gasteiger partial charge in [-0.1, -0.05) is 64.0 Å². The third-order valence-corrected chi connectivity index (χ3v) is 6.95. The van der Waals surface area contributed by atoms with Gasteiger partial charge in [-0.2, -0.15) is 0 Å². The van der Waals surface area contributed by atoms with E-state index in [4.69, 9.17) is 10.2 Å². The number of hydrogen-bond acceptors (Lipinski definition) is 4. The van der Waals surface area contributed by atoms with Crippen LogP contribution in [0.5, 0.6) is 0 Å². The fraction of sp³-hybridized carbons (Fsp3) is 0.828. The van der Waals surface area contributed by atoms with Gasteiger partial charge >= 0.3 is 11.9 Å². The van der Waals surface area contributed by atoms with Gasteiger partial charge in [-0.25, -0.2) is 0 Å². The van der Waals surface area contributed by atoms with E-state index in [1.165, 1.54) is 70.6 Å². The highest BCUT2D eigenvalue weighted by atomic mass is 16.4. The molecule has 0 aliphatic rings. The standard InChI is InChI=1S/C29H53NO6/c1-2-3-4-5-6-7-8-9-10-11-12-13-14-15-16-23-30(24-17-20-27(31)32,25-18-21-28(33)34)26-19-22-29(35)36/h6-7H,2-5,8-26H2,1H3,(H2-,31,32,33,34,35,36)/b7-6+. The molecule has 36 heavy (non-hydrogen) atoms. The van der Waals surface area contributed by atoms with Gasteiger partial charge in [-0.15, -0.1) is 0 Å². The zero-order valence-corrected chi connectivity index (χ0v) is 22.9. The first-order chi connectivity index (χ1) is 17.3. The lowest BCUT2D eigenvalue weighted by Gasteiger charge is -2.39. The van der Waals surface area contributed by atoms with E-state index in [0.717, 1.165) is 19.4 Å². The zero-order valence-electron chi connectivity index (χ0n) is 22.9. The van der Waals surface area contributed by atoms with Crippen molar-refractivity contribution in [2.45, 2.75) is 129 Å². The Kier molecular flexibility index (Phi) is 22.3. The van der Waals surface area contributed by atoms with Crippen LogP contribution in [0, 0.1) is 0 Å². The fourth-order valence-electron chi connectivity index (χ4n) is 4.88. The molecule has 210 valence electrons. The van der Waals surface area contributed by atoms with Crippen LogP contribution in [0.15, 0.2) is 12.2 Å². The summed E-state index contributed by atoms with van der Waals surface area (Å²) in [6.07, 6.45) is 22.2. The molecule has 0 aliphatic heterocycles. The second-order valence-electron chi connectivity index (χ2n) is 10.3. The van der Waals surface area contributed by atoms with Gasteiger partial charge in [0, 0.05) is 25.2 Å². The minimum Gasteiger partial charge on any atom is -0.550 e. The Morgan fingerprint density at radius 3 is 1.42 bits per heavy atom. The summed E-state index contributed by atoms with van der Waals surface area (Å²) in [4.78, 5) is 33.0. The predicted molar refractivity (Wildman–Crippen MR) is 143 cm³/mol. The number of carboxylic acids is 3. The number of rotatable bonds is 27. The summed E-state index contributed by atoms with van der Waals surface area (Å²) in [5.74, 6) is -2.75. The molecule has 0 unspecified atom stereocenters. The van der Waals surface area contributed by atoms with Crippen LogP contribution in [-0.2, 0) is 14.4 Å². The van der Waals surface area contributed by atoms with E-state index in [1.54, 1.807) is 0 Å². The highest BCUT2D eigenvalue weighted by Crippen LogP contribution is 2.18. The first-order valence-corrected chi connectivity index (χ1v) is 14.4. The summed E-state index contributed by atoms with van der Waals surface area (Å²) in [5, 5.41) is 29.0. The molecule has 7 heteroatoms. The molecule has 0 saturated carbocycles. The number of carbonyl (C=O) groups is 3. The van der Waals surface area contributed by atoms with Crippen LogP contribution in [-0.4, -0.2) is 58.8 Å². The van der Waals surface area contributed by atoms with Crippen LogP contribution < -0.4 is 5.11 Å². The quantitative estimate of drug-likeness (QED) is 0.0829. The van der Waals surface area contributed by atoms with E-state index < -0.39 is 17.9 Å². The Morgan fingerprint density at radius 1 is 0.583 bits per heavy atom. The lowest BCUT2D eigenvalue weighted by Crippen LogP contribution is -2.51. The van der Waals surface area contributed by atoms with E-state index in [1.807, 2.05) is 0 Å². The Balaban J connectivity index is 4.34. The van der Waals surface area contributed by atoms with Gasteiger partial charge in [0.15, 0.2) is 0 Å². The molecule has 0 heterocycles. The van der Waals surface area contributed by atoms with Crippen molar-refractivity contribution in [3.8, 4) is 0 Å². The normalized spacial score (nSPS) is 11.8. The number of quaternary nitrogens is 1. The van der Waals surface area contributed by atoms with Gasteiger partial charge in [-0.3, -0.25) is 9.59 Å². The monoisotopic (exact) mass is 511 g/mol. The van der Waals surface area contributed by atoms with Crippen molar-refractivity contribution >= 4 is 17.9 Å². The third-order valence-electron chi connectivity index (χ3n) is 6.95. The second-order valence-corrected chi connectivity index (χ2v) is 10.3. The minimum atomic E-state index is -1.08. The van der Waals surface area contributed by atoms with E-state index in [-0.39, 0.29) is 19.3 Å². The Morgan fingerprint density at radius 2 is 0.972 bits per heavy atom. The molecule has 0 atom stereocenters. The maximum atomic E-state index is 11.0. The number of allylic oxidation sites excluding steroid dienone is 2. The molecule has 0 aromatic carbocycles. The van der Waals surface area contributed by atoms with Crippen molar-refractivity contribution in [1.29, 1.82) is 0 Å². The number of nitrogens with zero attached hydrogens (tertiary/aromatic N) is 1. The first kappa shape index (κ1) is 34.1. The van der Waals surface area contributed by atoms with Gasteiger partial charge in [-0.05, 0) is 44.9 Å². The highest BCUT2D eigenvalue weighted by Gasteiger charge is 2.26. The van der Waals surface area contributed by atoms with Gasteiger partial charge < -0.3 is 24.6 Å². The number of hydrogen-bond donors (Lipinski definition) is 2. The maximum absolute atomic E-state index is 11.0. The molecule has 0 aliphatic carbocycles. The van der Waals surface area contributed by atoms with Crippen LogP contribution in [0.25, 0.3) is 0 Å². The van der Waals surface area contributed by atoms with Crippen molar-refractivity contribution in [2.75, 3.05) is 26.2 Å². The van der Waals surface area contributed by atoms with E-state index in [2.05, 4.69) is 19.1 Å². The summed E-state index contributed by atoms with van der Waals surface area (Å²) >= 11 is 0. The lowest BCUT2D eigenvalue weighted by molar-refractivity contribution is -0.929. The summed E-state index contributed by atoms with van der Waals surface area (Å²) in [6, 6.07) is 0. The smallest absolute Gasteiger partial charge is 0.303 e. The van der Waals surface area contributed by atoms with Crippen LogP contribution in [0.1, 0.15) is 129 Å². The molecule has 0 spiro atoms. The Labute approximate surface area is 219 Å². The summed E-state index contributed by atoms with van der Waals surface area (Å²) in [6.45, 7) is 4.99. The Hall–Kier alpha value is -1.89. The van der Waals surface area contributed by atoms with Crippen LogP contribution in [0.2, 0.25) is 0 Å². The summed E-state index contributed by atoms with van der Waals surface area (Å²) in [7, 11) is 0. The van der Waals surface area contributed by atoms with Gasteiger partial charge in [0.05, 0.1) is 39.0 Å². The third kappa shape index (κ3) is 22.6. The van der Waals surface area contributed by atoms with E-state index >= 15 is 0 Å². The van der Waals surface area contributed by atoms with Crippen LogP contribution >= 0.6 is 0 Å². The largest absolute Gasteiger partial charge is 0.550 e. The van der Waals surface area contributed by atoms with Crippen molar-refractivity contribution in [3.05, 3.63) is 12.2 Å². The molecule has 0 amide bonds. The Bertz CT molecular complexity index is 554. The molecular weight excluding hydrogens is 458 g/mol. The molecule has 2 N–H and O–H groups in total. The zero-order chi connectivity index (χ0) is 26.9. The van der Waals surface area contributed by atoms with Crippen molar-refractivity contribution in [2.24, 2.45) is 0 Å². The topological polar surface area (TPSA) is 115 Å². The summed E-state index contributed by atoms with van der Waals surface area (Å²) in [5.41, 5.74) is 0. The fourth-order valence-corrected chi connectivity index (χ4v) is 4.88. The lowest BCUT2D eigenvalue weighted by atomic mass is 10.1. The van der Waals surface area contributed by atoms with Crippen LogP contribution in [0.3, 0.4) is 0 Å². The van der Waals surface area contributed by atoms with E-state index in [0.29, 0.717) is 43.4 Å². The van der Waals surface area contributed by atoms with Gasteiger partial charge in [0.25, 0.3) is 0 Å². The summed E-state index contributed by atoms with van der Waals surface area (Å²) < 4.78 is 0.611. The molecule has 0 aromatic heterocycles. The average Bonchev–Trinajstić information content (AvgIpc) is 2.80. The number of carboxylic acid groups (broad SMARTS) is 3. The molecule has 0 saturated heterocycles. The predicted octanol–water partition coefficient (Wildman–Crippen LogP) is 5.71. The molecule has 0 fully saturated rings. The minimum absolute atomic E-state index is 0.0213. The molecule has 0 bridgehead atoms. The molecule has 0 aromatic rings. The van der Waals surface area contributed by atoms with E-state index in [9.17, 15) is 19.5 Å². The maximum Gasteiger partial charge on any atom is 0.303 e. The first-order valence-electron chi connectivity index (χ1n) is 14.4. The molecular formula is C29H53NO6. The highest BCUT2D eigenvalue weighted by molar-refractivity contribution is 5.66. The molecule has 0 radical (unpaired) electrons. The van der Waals surface area contributed by atoms with Crippen LogP contribution in [0.4, 0.5) is 0 Å². The number of aliphatic carboxylic acids is 3. The number of unbranched alkanes of at least 4 members (excludes halogenated alkanes) is 11. The molecule has 7 nitrogen and oxygen atoms in total. The number of carbonyl (C=O) groups excluding carboxylic acids is 1. The van der Waals surface area contributed by atoms with Gasteiger partial charge in [0.2, 0.25) is 0 Å². The SMILES string of the molecule is CCCCC/C=C/CCCCCCCCCC[N+](CCCC(=O)[O-])(CCCC(=O)O)CCCC(=O)O. The van der Waals surface area contributed by atoms with Crippen molar-refractivity contribution in [1.82, 2.24) is 0 Å². The van der Waals surface area contributed by atoms with Crippen molar-refractivity contribution in [3.63, 3.8) is 0 Å².